The first-order chi connectivity index (χ1) is 10.4. The summed E-state index contributed by atoms with van der Waals surface area (Å²) in [5.41, 5.74) is 0. The van der Waals surface area contributed by atoms with Gasteiger partial charge in [0.15, 0.2) is 5.12 Å². The molecule has 0 fully saturated rings. The Balaban J connectivity index is 4.68. The number of hydrogen-bond acceptors (Lipinski definition) is 7. The van der Waals surface area contributed by atoms with Crippen molar-refractivity contribution in [3.63, 3.8) is 0 Å². The van der Waals surface area contributed by atoms with Crippen LogP contribution in [0.15, 0.2) is 0 Å². The molecule has 0 aliphatic carbocycles. The molecule has 0 aromatic heterocycles. The number of thioether (sulfide) groups is 1. The third kappa shape index (κ3) is 7.77. The highest BCUT2D eigenvalue weighted by molar-refractivity contribution is 8.13. The summed E-state index contributed by atoms with van der Waals surface area (Å²) in [6.45, 7) is 6.77. The van der Waals surface area contributed by atoms with E-state index in [4.69, 9.17) is 0 Å². The van der Waals surface area contributed by atoms with Gasteiger partial charge >= 0.3 is 5.97 Å². The number of carbonyl (C=O) groups is 3. The van der Waals surface area contributed by atoms with Crippen molar-refractivity contribution < 1.29 is 24.2 Å². The maximum absolute atomic E-state index is 11.7. The van der Waals surface area contributed by atoms with Crippen molar-refractivity contribution in [1.29, 1.82) is 0 Å². The molecule has 2 N–H and O–H groups in total. The molecule has 22 heavy (non-hydrogen) atoms. The summed E-state index contributed by atoms with van der Waals surface area (Å²) < 4.78 is 4.43. The summed E-state index contributed by atoms with van der Waals surface area (Å²) in [7, 11) is 1.22. The molecule has 7 nitrogen and oxygen atoms in total. The molecule has 8 heteroatoms. The van der Waals surface area contributed by atoms with Crippen molar-refractivity contribution >= 4 is 28.8 Å². The lowest BCUT2D eigenvalue weighted by Gasteiger charge is -2.32. The Morgan fingerprint density at radius 2 is 1.82 bits per heavy atom. The summed E-state index contributed by atoms with van der Waals surface area (Å²) in [5.74, 6) is -0.604. The van der Waals surface area contributed by atoms with Gasteiger partial charge in [-0.1, -0.05) is 32.5 Å². The molecular weight excluding hydrogens is 308 g/mol. The van der Waals surface area contributed by atoms with Gasteiger partial charge in [-0.25, -0.2) is 0 Å². The zero-order valence-electron chi connectivity index (χ0n) is 13.6. The molecule has 0 saturated heterocycles. The van der Waals surface area contributed by atoms with Crippen LogP contribution in [0.25, 0.3) is 0 Å². The van der Waals surface area contributed by atoms with E-state index in [9.17, 15) is 19.5 Å². The molecule has 0 spiro atoms. The monoisotopic (exact) mass is 334 g/mol. The lowest BCUT2D eigenvalue weighted by atomic mass is 10.2. The van der Waals surface area contributed by atoms with Crippen molar-refractivity contribution in [3.05, 3.63) is 0 Å². The molecule has 0 bridgehead atoms. The van der Waals surface area contributed by atoms with E-state index >= 15 is 0 Å². The fourth-order valence-corrected chi connectivity index (χ4v) is 2.63. The predicted molar refractivity (Wildman–Crippen MR) is 85.2 cm³/mol. The number of aliphatic hydroxyl groups is 1. The van der Waals surface area contributed by atoms with Gasteiger partial charge < -0.3 is 15.2 Å². The zero-order chi connectivity index (χ0) is 17.1. The number of aliphatic hydroxyl groups excluding tert-OH is 1. The van der Waals surface area contributed by atoms with Crippen molar-refractivity contribution in [2.24, 2.45) is 0 Å². The molecule has 0 heterocycles. The van der Waals surface area contributed by atoms with Gasteiger partial charge in [-0.2, -0.15) is 0 Å². The van der Waals surface area contributed by atoms with Crippen LogP contribution >= 0.6 is 11.8 Å². The van der Waals surface area contributed by atoms with Crippen molar-refractivity contribution in [2.75, 3.05) is 26.0 Å². The van der Waals surface area contributed by atoms with Gasteiger partial charge in [0.05, 0.1) is 13.2 Å². The second kappa shape index (κ2) is 11.4. The van der Waals surface area contributed by atoms with E-state index in [0.717, 1.165) is 11.8 Å². The predicted octanol–water partition coefficient (Wildman–Crippen LogP) is 0.364. The van der Waals surface area contributed by atoms with Crippen molar-refractivity contribution in [1.82, 2.24) is 10.2 Å². The largest absolute Gasteiger partial charge is 0.469 e. The van der Waals surface area contributed by atoms with E-state index in [1.807, 2.05) is 13.8 Å². The first-order valence-corrected chi connectivity index (χ1v) is 8.31. The minimum absolute atomic E-state index is 0.194. The second-order valence-electron chi connectivity index (χ2n) is 4.60. The van der Waals surface area contributed by atoms with Gasteiger partial charge in [0.2, 0.25) is 5.91 Å². The van der Waals surface area contributed by atoms with E-state index < -0.39 is 18.2 Å². The summed E-state index contributed by atoms with van der Waals surface area (Å²) >= 11 is 0.906. The quantitative estimate of drug-likeness (QED) is 0.338. The first-order valence-electron chi connectivity index (χ1n) is 7.33. The van der Waals surface area contributed by atoms with E-state index in [1.54, 1.807) is 11.8 Å². The van der Waals surface area contributed by atoms with E-state index in [1.165, 1.54) is 7.11 Å². The molecule has 128 valence electrons. The molecule has 0 radical (unpaired) electrons. The van der Waals surface area contributed by atoms with Gasteiger partial charge in [0.25, 0.3) is 0 Å². The van der Waals surface area contributed by atoms with Crippen molar-refractivity contribution in [2.45, 2.75) is 45.9 Å². The molecule has 1 amide bonds. The number of esters is 1. The van der Waals surface area contributed by atoms with Crippen LogP contribution in [0, 0.1) is 0 Å². The Kier molecular flexibility index (Phi) is 10.9. The summed E-state index contributed by atoms with van der Waals surface area (Å²) in [6, 6.07) is -0.584. The molecule has 0 rings (SSSR count). The maximum atomic E-state index is 11.7. The third-order valence-electron chi connectivity index (χ3n) is 3.15. The number of carbonyl (C=O) groups excluding carboxylic acids is 3. The minimum atomic E-state index is -0.885. The Morgan fingerprint density at radius 1 is 1.23 bits per heavy atom. The molecule has 2 unspecified atom stereocenters. The number of ether oxygens (including phenoxy) is 1. The van der Waals surface area contributed by atoms with Crippen LogP contribution in [-0.4, -0.2) is 65.2 Å². The number of likely N-dealkylation sites (N-methyl/N-ethyl adjacent to an activating group) is 1. The van der Waals surface area contributed by atoms with Gasteiger partial charge in [0, 0.05) is 12.2 Å². The van der Waals surface area contributed by atoms with E-state index in [-0.39, 0.29) is 23.2 Å². The smallest absolute Gasteiger partial charge is 0.313 e. The van der Waals surface area contributed by atoms with Crippen LogP contribution in [0.4, 0.5) is 0 Å². The number of rotatable bonds is 10. The van der Waals surface area contributed by atoms with Crippen LogP contribution in [-0.2, 0) is 19.1 Å². The Bertz CT molecular complexity index is 374. The molecule has 0 aliphatic heterocycles. The Morgan fingerprint density at radius 3 is 2.27 bits per heavy atom. The topological polar surface area (TPSA) is 95.9 Å². The number of amides is 1. The van der Waals surface area contributed by atoms with Gasteiger partial charge in [-0.15, -0.1) is 0 Å². The summed E-state index contributed by atoms with van der Waals surface area (Å²) in [6.07, 6.45) is -0.914. The van der Waals surface area contributed by atoms with Crippen LogP contribution < -0.4 is 5.32 Å². The van der Waals surface area contributed by atoms with E-state index in [2.05, 4.69) is 10.1 Å². The third-order valence-corrected chi connectivity index (χ3v) is 4.15. The SMILES string of the molecule is CCC(=O)NC(CSC(=O)CC(=O)OC)C(O)N(CC)CC. The highest BCUT2D eigenvalue weighted by Gasteiger charge is 2.26. The highest BCUT2D eigenvalue weighted by Crippen LogP contribution is 2.13. The average Bonchev–Trinajstić information content (AvgIpc) is 2.51. The van der Waals surface area contributed by atoms with E-state index in [0.29, 0.717) is 19.5 Å². The van der Waals surface area contributed by atoms with Crippen LogP contribution in [0.3, 0.4) is 0 Å². The summed E-state index contributed by atoms with van der Waals surface area (Å²) in [5, 5.41) is 12.7. The second-order valence-corrected chi connectivity index (χ2v) is 5.68. The molecule has 2 atom stereocenters. The van der Waals surface area contributed by atoms with Gasteiger partial charge in [-0.3, -0.25) is 19.3 Å². The number of hydrogen-bond donors (Lipinski definition) is 2. The number of nitrogens with zero attached hydrogens (tertiary/aromatic N) is 1. The van der Waals surface area contributed by atoms with Crippen LogP contribution in [0.1, 0.15) is 33.6 Å². The van der Waals surface area contributed by atoms with Crippen molar-refractivity contribution in [3.8, 4) is 0 Å². The average molecular weight is 334 g/mol. The zero-order valence-corrected chi connectivity index (χ0v) is 14.4. The molecular formula is C14H26N2O5S. The molecule has 0 aromatic carbocycles. The Labute approximate surface area is 135 Å². The minimum Gasteiger partial charge on any atom is -0.469 e. The van der Waals surface area contributed by atoms with Crippen LogP contribution in [0.2, 0.25) is 0 Å². The standard InChI is InChI=1S/C14H26N2O5S/c1-5-11(17)15-10(14(20)16(6-2)7-3)9-22-13(19)8-12(18)21-4/h10,14,20H,5-9H2,1-4H3,(H,15,17). The first kappa shape index (κ1) is 20.9. The Hall–Kier alpha value is -1.12. The van der Waals surface area contributed by atoms with Gasteiger partial charge in [-0.05, 0) is 13.1 Å². The van der Waals surface area contributed by atoms with Crippen LogP contribution in [0.5, 0.6) is 0 Å². The lowest BCUT2D eigenvalue weighted by molar-refractivity contribution is -0.142. The number of nitrogens with one attached hydrogen (secondary N) is 1. The molecule has 0 aliphatic rings. The maximum Gasteiger partial charge on any atom is 0.313 e. The molecule has 0 aromatic rings. The highest BCUT2D eigenvalue weighted by atomic mass is 32.2. The normalized spacial score (nSPS) is 13.5. The molecule has 0 saturated carbocycles. The fraction of sp³-hybridized carbons (Fsp3) is 0.786. The summed E-state index contributed by atoms with van der Waals surface area (Å²) in [4.78, 5) is 36.1. The fourth-order valence-electron chi connectivity index (χ4n) is 1.79. The lowest BCUT2D eigenvalue weighted by Crippen LogP contribution is -2.53. The number of methoxy groups -OCH3 is 1. The van der Waals surface area contributed by atoms with Gasteiger partial charge in [0.1, 0.15) is 12.6 Å².